The van der Waals surface area contributed by atoms with E-state index in [2.05, 4.69) is 5.32 Å². The number of nitrogens with one attached hydrogen (secondary N) is 1. The van der Waals surface area contributed by atoms with Crippen molar-refractivity contribution in [3.63, 3.8) is 0 Å². The molecular formula is C23H28FN3O5S. The lowest BCUT2D eigenvalue weighted by Gasteiger charge is -2.31. The summed E-state index contributed by atoms with van der Waals surface area (Å²) in [4.78, 5) is 38.8. The number of likely N-dealkylation sites (N-methyl/N-ethyl adjacent to an activating group) is 1. The van der Waals surface area contributed by atoms with E-state index in [1.807, 2.05) is 0 Å². The van der Waals surface area contributed by atoms with Crippen LogP contribution in [0.5, 0.6) is 0 Å². The number of Topliss-reactive ketones (excluding diaryl/α,β-unsaturated/α-hetero) is 1. The first kappa shape index (κ1) is 26.0. The molecule has 0 heterocycles. The third-order valence-electron chi connectivity index (χ3n) is 5.00. The zero-order chi connectivity index (χ0) is 24.8. The van der Waals surface area contributed by atoms with Crippen molar-refractivity contribution in [1.29, 1.82) is 0 Å². The minimum atomic E-state index is -3.90. The zero-order valence-electron chi connectivity index (χ0n) is 19.0. The molecule has 0 saturated heterocycles. The van der Waals surface area contributed by atoms with E-state index in [1.54, 1.807) is 13.0 Å². The predicted octanol–water partition coefficient (Wildman–Crippen LogP) is 2.35. The highest BCUT2D eigenvalue weighted by molar-refractivity contribution is 7.92. The molecule has 8 nitrogen and oxygen atoms in total. The Kier molecular flexibility index (Phi) is 8.69. The highest BCUT2D eigenvalue weighted by Crippen LogP contribution is 2.21. The second-order valence-electron chi connectivity index (χ2n) is 7.59. The lowest BCUT2D eigenvalue weighted by Crippen LogP contribution is -2.51. The van der Waals surface area contributed by atoms with E-state index < -0.39 is 40.2 Å². The quantitative estimate of drug-likeness (QED) is 0.529. The third-order valence-corrected chi connectivity index (χ3v) is 6.14. The summed E-state index contributed by atoms with van der Waals surface area (Å²) in [5.41, 5.74) is 1.03. The number of anilines is 1. The highest BCUT2D eigenvalue weighted by Gasteiger charge is 2.30. The standard InChI is InChI=1S/C23H28FN3O5S/c1-5-25-23(30)16(2)26(14-18-9-11-20(24)12-10-18)22(29)15-27(33(4,31)32)21-8-6-7-19(13-21)17(3)28/h6-13,16H,5,14-15H2,1-4H3,(H,25,30)/t16-/m0/s1. The Morgan fingerprint density at radius 3 is 2.27 bits per heavy atom. The number of rotatable bonds is 10. The lowest BCUT2D eigenvalue weighted by molar-refractivity contribution is -0.139. The number of hydrogen-bond acceptors (Lipinski definition) is 5. The Balaban J connectivity index is 2.41. The Hall–Kier alpha value is -3.27. The van der Waals surface area contributed by atoms with Crippen LogP contribution < -0.4 is 9.62 Å². The number of carbonyl (C=O) groups excluding carboxylic acids is 3. The Morgan fingerprint density at radius 1 is 1.09 bits per heavy atom. The molecule has 0 radical (unpaired) electrons. The van der Waals surface area contributed by atoms with Crippen LogP contribution in [0.4, 0.5) is 10.1 Å². The van der Waals surface area contributed by atoms with Crippen molar-refractivity contribution in [3.05, 3.63) is 65.5 Å². The summed E-state index contributed by atoms with van der Waals surface area (Å²) in [5.74, 6) is -1.73. The van der Waals surface area contributed by atoms with Crippen molar-refractivity contribution in [2.45, 2.75) is 33.4 Å². The van der Waals surface area contributed by atoms with Gasteiger partial charge >= 0.3 is 0 Å². The number of halogens is 1. The van der Waals surface area contributed by atoms with E-state index in [0.29, 0.717) is 17.7 Å². The summed E-state index contributed by atoms with van der Waals surface area (Å²) >= 11 is 0. The average Bonchev–Trinajstić information content (AvgIpc) is 2.75. The molecule has 1 N–H and O–H groups in total. The molecule has 178 valence electrons. The summed E-state index contributed by atoms with van der Waals surface area (Å²) in [6.07, 6.45) is 0.957. The highest BCUT2D eigenvalue weighted by atomic mass is 32.2. The van der Waals surface area contributed by atoms with Crippen LogP contribution in [0.25, 0.3) is 0 Å². The van der Waals surface area contributed by atoms with Crippen LogP contribution in [0, 0.1) is 5.82 Å². The van der Waals surface area contributed by atoms with Gasteiger partial charge in [-0.15, -0.1) is 0 Å². The SMILES string of the molecule is CCNC(=O)[C@H](C)N(Cc1ccc(F)cc1)C(=O)CN(c1cccc(C(C)=O)c1)S(C)(=O)=O. The van der Waals surface area contributed by atoms with Gasteiger partial charge in [0.1, 0.15) is 18.4 Å². The second-order valence-corrected chi connectivity index (χ2v) is 9.50. The monoisotopic (exact) mass is 477 g/mol. The number of sulfonamides is 1. The first-order chi connectivity index (χ1) is 15.4. The Labute approximate surface area is 193 Å². The van der Waals surface area contributed by atoms with Crippen LogP contribution >= 0.6 is 0 Å². The van der Waals surface area contributed by atoms with Gasteiger partial charge in [0.05, 0.1) is 11.9 Å². The van der Waals surface area contributed by atoms with Crippen LogP contribution in [0.1, 0.15) is 36.7 Å². The minimum absolute atomic E-state index is 0.0253. The van der Waals surface area contributed by atoms with Crippen LogP contribution in [-0.2, 0) is 26.2 Å². The van der Waals surface area contributed by atoms with E-state index in [9.17, 15) is 27.2 Å². The van der Waals surface area contributed by atoms with E-state index in [-0.39, 0.29) is 18.0 Å². The molecule has 2 rings (SSSR count). The number of benzene rings is 2. The maximum absolute atomic E-state index is 13.3. The van der Waals surface area contributed by atoms with Gasteiger partial charge in [-0.3, -0.25) is 18.7 Å². The molecule has 0 aliphatic carbocycles. The number of amides is 2. The van der Waals surface area contributed by atoms with Gasteiger partial charge in [0, 0.05) is 18.7 Å². The number of carbonyl (C=O) groups is 3. The van der Waals surface area contributed by atoms with E-state index >= 15 is 0 Å². The molecule has 0 unspecified atom stereocenters. The van der Waals surface area contributed by atoms with Gasteiger partial charge in [-0.05, 0) is 50.6 Å². The van der Waals surface area contributed by atoms with Crippen LogP contribution in [0.15, 0.2) is 48.5 Å². The summed E-state index contributed by atoms with van der Waals surface area (Å²) in [7, 11) is -3.90. The number of ketones is 1. The first-order valence-corrected chi connectivity index (χ1v) is 12.2. The van der Waals surface area contributed by atoms with Gasteiger partial charge in [0.15, 0.2) is 5.78 Å². The predicted molar refractivity (Wildman–Crippen MR) is 124 cm³/mol. The fraction of sp³-hybridized carbons (Fsp3) is 0.348. The molecule has 0 fully saturated rings. The summed E-state index contributed by atoms with van der Waals surface area (Å²) < 4.78 is 39.2. The zero-order valence-corrected chi connectivity index (χ0v) is 19.9. The van der Waals surface area contributed by atoms with E-state index in [1.165, 1.54) is 61.2 Å². The van der Waals surface area contributed by atoms with E-state index in [0.717, 1.165) is 10.6 Å². The Morgan fingerprint density at radius 2 is 1.73 bits per heavy atom. The molecule has 2 amide bonds. The van der Waals surface area contributed by atoms with Crippen molar-refractivity contribution < 1.29 is 27.2 Å². The molecule has 0 aromatic heterocycles. The smallest absolute Gasteiger partial charge is 0.244 e. The van der Waals surface area contributed by atoms with Crippen molar-refractivity contribution in [2.24, 2.45) is 0 Å². The number of nitrogens with zero attached hydrogens (tertiary/aromatic N) is 2. The van der Waals surface area contributed by atoms with Crippen molar-refractivity contribution in [2.75, 3.05) is 23.7 Å². The summed E-state index contributed by atoms with van der Waals surface area (Å²) in [6.45, 7) is 4.38. The van der Waals surface area contributed by atoms with Crippen molar-refractivity contribution in [1.82, 2.24) is 10.2 Å². The van der Waals surface area contributed by atoms with Gasteiger partial charge in [0.25, 0.3) is 0 Å². The number of hydrogen-bond donors (Lipinski definition) is 1. The Bertz CT molecular complexity index is 1120. The normalized spacial score (nSPS) is 12.0. The summed E-state index contributed by atoms with van der Waals surface area (Å²) in [5, 5.41) is 2.65. The lowest BCUT2D eigenvalue weighted by atomic mass is 10.1. The van der Waals surface area contributed by atoms with Gasteiger partial charge in [-0.2, -0.15) is 0 Å². The topological polar surface area (TPSA) is 104 Å². The molecule has 10 heteroatoms. The van der Waals surface area contributed by atoms with Crippen LogP contribution in [0.3, 0.4) is 0 Å². The molecule has 0 bridgehead atoms. The largest absolute Gasteiger partial charge is 0.355 e. The molecule has 2 aromatic carbocycles. The average molecular weight is 478 g/mol. The second kappa shape index (κ2) is 11.0. The molecule has 0 spiro atoms. The van der Waals surface area contributed by atoms with Crippen molar-refractivity contribution >= 4 is 33.3 Å². The first-order valence-electron chi connectivity index (χ1n) is 10.3. The van der Waals surface area contributed by atoms with Crippen molar-refractivity contribution in [3.8, 4) is 0 Å². The van der Waals surface area contributed by atoms with Crippen LogP contribution in [-0.4, -0.2) is 56.3 Å². The molecule has 0 aliphatic heterocycles. The maximum Gasteiger partial charge on any atom is 0.244 e. The third kappa shape index (κ3) is 7.11. The maximum atomic E-state index is 13.3. The molecular weight excluding hydrogens is 449 g/mol. The minimum Gasteiger partial charge on any atom is -0.355 e. The van der Waals surface area contributed by atoms with Gasteiger partial charge in [-0.25, -0.2) is 12.8 Å². The van der Waals surface area contributed by atoms with Gasteiger partial charge in [0.2, 0.25) is 21.8 Å². The molecule has 1 atom stereocenters. The van der Waals surface area contributed by atoms with E-state index in [4.69, 9.17) is 0 Å². The fourth-order valence-electron chi connectivity index (χ4n) is 3.18. The summed E-state index contributed by atoms with van der Waals surface area (Å²) in [6, 6.07) is 10.5. The molecule has 0 saturated carbocycles. The molecule has 0 aliphatic rings. The van der Waals surface area contributed by atoms with Crippen LogP contribution in [0.2, 0.25) is 0 Å². The van der Waals surface area contributed by atoms with Gasteiger partial charge in [-0.1, -0.05) is 24.3 Å². The van der Waals surface area contributed by atoms with Gasteiger partial charge < -0.3 is 10.2 Å². The molecule has 2 aromatic rings. The molecule has 33 heavy (non-hydrogen) atoms. The fourth-order valence-corrected chi connectivity index (χ4v) is 4.03.